The number of anilines is 1. The van der Waals surface area contributed by atoms with Crippen molar-refractivity contribution in [1.29, 1.82) is 0 Å². The fourth-order valence-electron chi connectivity index (χ4n) is 1.74. The Morgan fingerprint density at radius 2 is 2.31 bits per heavy atom. The first-order chi connectivity index (χ1) is 7.72. The molecule has 4 heteroatoms. The van der Waals surface area contributed by atoms with Gasteiger partial charge in [0.1, 0.15) is 0 Å². The Morgan fingerprint density at radius 3 is 3.06 bits per heavy atom. The summed E-state index contributed by atoms with van der Waals surface area (Å²) in [5.41, 5.74) is 2.32. The minimum Gasteiger partial charge on any atom is -0.319 e. The van der Waals surface area contributed by atoms with E-state index in [4.69, 9.17) is 0 Å². The average Bonchev–Trinajstić information content (AvgIpc) is 2.31. The van der Waals surface area contributed by atoms with Gasteiger partial charge in [-0.25, -0.2) is 0 Å². The fourth-order valence-corrected chi connectivity index (χ4v) is 2.72. The molecule has 1 aromatic rings. The van der Waals surface area contributed by atoms with E-state index in [-0.39, 0.29) is 5.91 Å². The number of nitrogens with zero attached hydrogens (tertiary/aromatic N) is 1. The minimum absolute atomic E-state index is 0.184. The molecular formula is C12H16N2OS. The van der Waals surface area contributed by atoms with E-state index in [1.54, 1.807) is 16.7 Å². The second-order valence-electron chi connectivity index (χ2n) is 3.90. The molecular weight excluding hydrogens is 220 g/mol. The summed E-state index contributed by atoms with van der Waals surface area (Å²) < 4.78 is 0. The number of hydrogen-bond donors (Lipinski definition) is 1. The van der Waals surface area contributed by atoms with Crippen LogP contribution in [0.5, 0.6) is 0 Å². The monoisotopic (exact) mass is 236 g/mol. The lowest BCUT2D eigenvalue weighted by Gasteiger charge is -2.25. The lowest BCUT2D eigenvalue weighted by atomic mass is 10.1. The molecule has 0 saturated heterocycles. The third kappa shape index (κ3) is 2.23. The summed E-state index contributed by atoms with van der Waals surface area (Å²) in [6.45, 7) is 0.962. The molecule has 1 aromatic carbocycles. The molecule has 0 aromatic heterocycles. The Bertz CT molecular complexity index is 406. The van der Waals surface area contributed by atoms with E-state index < -0.39 is 0 Å². The van der Waals surface area contributed by atoms with Gasteiger partial charge < -0.3 is 10.2 Å². The number of likely N-dealkylation sites (N-methyl/N-ethyl adjacent to an activating group) is 1. The zero-order valence-corrected chi connectivity index (χ0v) is 10.4. The smallest absolute Gasteiger partial charge is 0.237 e. The Balaban J connectivity index is 2.25. The van der Waals surface area contributed by atoms with E-state index >= 15 is 0 Å². The van der Waals surface area contributed by atoms with Crippen molar-refractivity contribution in [3.05, 3.63) is 23.8 Å². The van der Waals surface area contributed by atoms with Crippen LogP contribution >= 0.6 is 11.8 Å². The molecule has 0 unspecified atom stereocenters. The van der Waals surface area contributed by atoms with Gasteiger partial charge in [-0.05, 0) is 37.7 Å². The number of hydrogen-bond acceptors (Lipinski definition) is 3. The summed E-state index contributed by atoms with van der Waals surface area (Å²) in [6, 6.07) is 6.39. The van der Waals surface area contributed by atoms with Crippen LogP contribution in [-0.4, -0.2) is 32.3 Å². The van der Waals surface area contributed by atoms with Crippen LogP contribution in [0.4, 0.5) is 5.69 Å². The first-order valence-corrected chi connectivity index (χ1v) is 6.38. The lowest BCUT2D eigenvalue weighted by molar-refractivity contribution is -0.116. The molecule has 0 bridgehead atoms. The van der Waals surface area contributed by atoms with Gasteiger partial charge in [-0.2, -0.15) is 0 Å². The van der Waals surface area contributed by atoms with E-state index in [2.05, 4.69) is 23.5 Å². The zero-order valence-electron chi connectivity index (χ0n) is 9.62. The first-order valence-electron chi connectivity index (χ1n) is 5.39. The van der Waals surface area contributed by atoms with Crippen LogP contribution in [0.15, 0.2) is 23.1 Å². The Morgan fingerprint density at radius 1 is 1.50 bits per heavy atom. The Kier molecular flexibility index (Phi) is 3.51. The van der Waals surface area contributed by atoms with Crippen molar-refractivity contribution in [3.63, 3.8) is 0 Å². The molecule has 0 saturated carbocycles. The van der Waals surface area contributed by atoms with E-state index in [9.17, 15) is 4.79 Å². The highest BCUT2D eigenvalue weighted by atomic mass is 32.2. The highest BCUT2D eigenvalue weighted by Crippen LogP contribution is 2.35. The number of fused-ring (bicyclic) bond motifs is 1. The largest absolute Gasteiger partial charge is 0.319 e. The Labute approximate surface area is 100 Å². The van der Waals surface area contributed by atoms with Crippen LogP contribution in [0, 0.1) is 0 Å². The van der Waals surface area contributed by atoms with Crippen LogP contribution in [-0.2, 0) is 11.2 Å². The molecule has 1 aliphatic heterocycles. The maximum atomic E-state index is 11.6. The van der Waals surface area contributed by atoms with Gasteiger partial charge in [0, 0.05) is 11.9 Å². The van der Waals surface area contributed by atoms with Gasteiger partial charge in [0.05, 0.1) is 11.4 Å². The summed E-state index contributed by atoms with van der Waals surface area (Å²) in [6.07, 6.45) is 0.997. The summed E-state index contributed by atoms with van der Waals surface area (Å²) in [4.78, 5) is 14.5. The maximum absolute atomic E-state index is 11.6. The number of rotatable bonds is 3. The molecule has 0 radical (unpaired) electrons. The van der Waals surface area contributed by atoms with Gasteiger partial charge in [0.2, 0.25) is 5.91 Å². The van der Waals surface area contributed by atoms with Crippen molar-refractivity contribution in [2.75, 3.05) is 31.3 Å². The first kappa shape index (κ1) is 11.5. The number of carbonyl (C=O) groups excluding carboxylic acids is 1. The van der Waals surface area contributed by atoms with Crippen molar-refractivity contribution >= 4 is 23.4 Å². The second kappa shape index (κ2) is 4.89. The van der Waals surface area contributed by atoms with Crippen molar-refractivity contribution in [2.45, 2.75) is 11.3 Å². The maximum Gasteiger partial charge on any atom is 0.237 e. The van der Waals surface area contributed by atoms with Crippen LogP contribution in [0.3, 0.4) is 0 Å². The van der Waals surface area contributed by atoms with E-state index in [1.165, 1.54) is 10.5 Å². The van der Waals surface area contributed by atoms with Crippen LogP contribution < -0.4 is 10.2 Å². The number of nitrogens with one attached hydrogen (secondary N) is 1. The van der Waals surface area contributed by atoms with Crippen molar-refractivity contribution in [3.8, 4) is 0 Å². The molecule has 16 heavy (non-hydrogen) atoms. The summed E-state index contributed by atoms with van der Waals surface area (Å²) in [5, 5.41) is 3.13. The molecule has 0 fully saturated rings. The van der Waals surface area contributed by atoms with Gasteiger partial charge >= 0.3 is 0 Å². The molecule has 1 N–H and O–H groups in total. The molecule has 0 aliphatic carbocycles. The number of benzene rings is 1. The molecule has 0 atom stereocenters. The molecule has 1 aliphatic rings. The highest BCUT2D eigenvalue weighted by molar-refractivity contribution is 8.00. The SMILES string of the molecule is CNCCc1ccc2c(c1)N(C)C(=O)CS2. The number of thioether (sulfide) groups is 1. The third-order valence-electron chi connectivity index (χ3n) is 2.77. The van der Waals surface area contributed by atoms with Crippen LogP contribution in [0.25, 0.3) is 0 Å². The highest BCUT2D eigenvalue weighted by Gasteiger charge is 2.21. The van der Waals surface area contributed by atoms with Crippen LogP contribution in [0.2, 0.25) is 0 Å². The van der Waals surface area contributed by atoms with Gasteiger partial charge in [-0.1, -0.05) is 6.07 Å². The van der Waals surface area contributed by atoms with Gasteiger partial charge in [0.15, 0.2) is 0 Å². The van der Waals surface area contributed by atoms with E-state index in [0.29, 0.717) is 5.75 Å². The topological polar surface area (TPSA) is 32.3 Å². The molecule has 86 valence electrons. The normalized spacial score (nSPS) is 15.1. The average molecular weight is 236 g/mol. The molecule has 3 nitrogen and oxygen atoms in total. The van der Waals surface area contributed by atoms with Crippen LogP contribution in [0.1, 0.15) is 5.56 Å². The molecule has 1 amide bonds. The Hall–Kier alpha value is -1.000. The predicted octanol–water partition coefficient (Wildman–Crippen LogP) is 1.52. The molecule has 1 heterocycles. The predicted molar refractivity (Wildman–Crippen MR) is 68.2 cm³/mol. The van der Waals surface area contributed by atoms with Crippen molar-refractivity contribution < 1.29 is 4.79 Å². The summed E-state index contributed by atoms with van der Waals surface area (Å²) in [7, 11) is 3.80. The third-order valence-corrected chi connectivity index (χ3v) is 3.82. The van der Waals surface area contributed by atoms with Gasteiger partial charge in [-0.15, -0.1) is 11.8 Å². The number of amides is 1. The van der Waals surface area contributed by atoms with Crippen molar-refractivity contribution in [1.82, 2.24) is 5.32 Å². The quantitative estimate of drug-likeness (QED) is 0.863. The van der Waals surface area contributed by atoms with E-state index in [0.717, 1.165) is 18.7 Å². The minimum atomic E-state index is 0.184. The second-order valence-corrected chi connectivity index (χ2v) is 4.91. The lowest BCUT2D eigenvalue weighted by Crippen LogP contribution is -2.31. The standard InChI is InChI=1S/C12H16N2OS/c1-13-6-5-9-3-4-11-10(7-9)14(2)12(15)8-16-11/h3-4,7,13H,5-6,8H2,1-2H3. The number of carbonyl (C=O) groups is 1. The zero-order chi connectivity index (χ0) is 11.5. The summed E-state index contributed by atoms with van der Waals surface area (Å²) in [5.74, 6) is 0.739. The van der Waals surface area contributed by atoms with E-state index in [1.807, 2.05) is 14.1 Å². The summed E-state index contributed by atoms with van der Waals surface area (Å²) >= 11 is 1.63. The molecule has 0 spiro atoms. The van der Waals surface area contributed by atoms with Crippen molar-refractivity contribution in [2.24, 2.45) is 0 Å². The van der Waals surface area contributed by atoms with Gasteiger partial charge in [-0.3, -0.25) is 4.79 Å². The molecule has 2 rings (SSSR count). The van der Waals surface area contributed by atoms with Gasteiger partial charge in [0.25, 0.3) is 0 Å². The fraction of sp³-hybridized carbons (Fsp3) is 0.417.